The first kappa shape index (κ1) is 16.1. The van der Waals surface area contributed by atoms with E-state index in [0.717, 1.165) is 31.1 Å². The summed E-state index contributed by atoms with van der Waals surface area (Å²) in [7, 11) is 2.88. The Labute approximate surface area is 118 Å². The third kappa shape index (κ3) is 6.68. The van der Waals surface area contributed by atoms with Crippen LogP contribution in [-0.2, 0) is 20.3 Å². The van der Waals surface area contributed by atoms with Gasteiger partial charge in [-0.3, -0.25) is 0 Å². The molecule has 0 radical (unpaired) electrons. The molecule has 0 aromatic heterocycles. The van der Waals surface area contributed by atoms with Crippen molar-refractivity contribution in [1.29, 1.82) is 0 Å². The first-order valence-electron chi connectivity index (χ1n) is 6.65. The van der Waals surface area contributed by atoms with Crippen LogP contribution in [-0.4, -0.2) is 36.9 Å². The molecule has 19 heavy (non-hydrogen) atoms. The van der Waals surface area contributed by atoms with Gasteiger partial charge in [0.15, 0.2) is 16.1 Å². The predicted molar refractivity (Wildman–Crippen MR) is 82.0 cm³/mol. The third-order valence-electron chi connectivity index (χ3n) is 2.98. The molecule has 0 amide bonds. The smallest absolute Gasteiger partial charge is 0.161 e. The van der Waals surface area contributed by atoms with Gasteiger partial charge in [-0.15, -0.1) is 0 Å². The quantitative estimate of drug-likeness (QED) is 0.374. The van der Waals surface area contributed by atoms with E-state index < -0.39 is 9.76 Å². The highest BCUT2D eigenvalue weighted by atomic mass is 28.2. The minimum Gasteiger partial charge on any atom is -0.424 e. The lowest BCUT2D eigenvalue weighted by molar-refractivity contribution is -0.103. The summed E-state index contributed by atoms with van der Waals surface area (Å²) >= 11 is 0. The van der Waals surface area contributed by atoms with E-state index in [4.69, 9.17) is 13.9 Å². The van der Waals surface area contributed by atoms with Crippen molar-refractivity contribution >= 4 is 15.8 Å². The standard InChI is InChI=1S/C15H24O3Si/c1-4-13-6-5-7-14(12-13)8-10-18-19-11-9-15(16-2)17-3/h4-7,12,15H,1,8-11,19H2,2-3H3. The van der Waals surface area contributed by atoms with E-state index in [-0.39, 0.29) is 6.29 Å². The molecule has 1 rings (SSSR count). The predicted octanol–water partition coefficient (Wildman–Crippen LogP) is 2.40. The molecule has 0 aliphatic rings. The molecule has 0 heterocycles. The molecule has 0 saturated heterocycles. The SMILES string of the molecule is C=Cc1cccc(CCO[SiH2]CCC(OC)OC)c1. The van der Waals surface area contributed by atoms with E-state index >= 15 is 0 Å². The van der Waals surface area contributed by atoms with Crippen LogP contribution in [0.1, 0.15) is 17.5 Å². The van der Waals surface area contributed by atoms with E-state index in [1.165, 1.54) is 5.56 Å². The Morgan fingerprint density at radius 1 is 1.32 bits per heavy atom. The van der Waals surface area contributed by atoms with Crippen LogP contribution in [0.25, 0.3) is 6.08 Å². The highest BCUT2D eigenvalue weighted by molar-refractivity contribution is 6.26. The Morgan fingerprint density at radius 2 is 2.11 bits per heavy atom. The van der Waals surface area contributed by atoms with E-state index in [1.54, 1.807) is 14.2 Å². The van der Waals surface area contributed by atoms with Crippen molar-refractivity contribution in [3.8, 4) is 0 Å². The number of ether oxygens (including phenoxy) is 2. The van der Waals surface area contributed by atoms with E-state index in [2.05, 4.69) is 30.8 Å². The van der Waals surface area contributed by atoms with Crippen LogP contribution in [0.4, 0.5) is 0 Å². The normalized spacial score (nSPS) is 11.5. The summed E-state index contributed by atoms with van der Waals surface area (Å²) < 4.78 is 16.0. The molecule has 0 aliphatic heterocycles. The lowest BCUT2D eigenvalue weighted by Gasteiger charge is -2.12. The summed E-state index contributed by atoms with van der Waals surface area (Å²) in [6, 6.07) is 9.49. The number of methoxy groups -OCH3 is 2. The first-order valence-corrected chi connectivity index (χ1v) is 8.22. The van der Waals surface area contributed by atoms with Gasteiger partial charge in [0.1, 0.15) is 0 Å². The number of benzene rings is 1. The maximum atomic E-state index is 5.75. The summed E-state index contributed by atoms with van der Waals surface area (Å²) in [6.07, 6.45) is 3.67. The van der Waals surface area contributed by atoms with Crippen molar-refractivity contribution in [2.24, 2.45) is 0 Å². The summed E-state index contributed by atoms with van der Waals surface area (Å²) in [5.41, 5.74) is 2.47. The zero-order valence-electron chi connectivity index (χ0n) is 11.9. The molecule has 3 nitrogen and oxygen atoms in total. The number of rotatable bonds is 10. The van der Waals surface area contributed by atoms with Crippen molar-refractivity contribution in [2.75, 3.05) is 20.8 Å². The van der Waals surface area contributed by atoms with Crippen LogP contribution in [0.5, 0.6) is 0 Å². The van der Waals surface area contributed by atoms with E-state index in [9.17, 15) is 0 Å². The van der Waals surface area contributed by atoms with Crippen molar-refractivity contribution in [3.63, 3.8) is 0 Å². The lowest BCUT2D eigenvalue weighted by atomic mass is 10.1. The summed E-state index contributed by atoms with van der Waals surface area (Å²) in [4.78, 5) is 0. The number of hydrogen-bond donors (Lipinski definition) is 0. The molecule has 0 atom stereocenters. The van der Waals surface area contributed by atoms with Crippen molar-refractivity contribution in [3.05, 3.63) is 42.0 Å². The van der Waals surface area contributed by atoms with Gasteiger partial charge in [-0.05, 0) is 30.0 Å². The first-order chi connectivity index (χ1) is 9.30. The zero-order chi connectivity index (χ0) is 13.9. The van der Waals surface area contributed by atoms with Crippen LogP contribution in [0.3, 0.4) is 0 Å². The Balaban J connectivity index is 2.12. The monoisotopic (exact) mass is 280 g/mol. The molecule has 4 heteroatoms. The summed E-state index contributed by atoms with van der Waals surface area (Å²) in [6.45, 7) is 4.58. The van der Waals surface area contributed by atoms with Gasteiger partial charge in [-0.1, -0.05) is 36.9 Å². The van der Waals surface area contributed by atoms with Gasteiger partial charge < -0.3 is 13.9 Å². The minimum atomic E-state index is -0.461. The maximum Gasteiger partial charge on any atom is 0.161 e. The molecule has 0 bridgehead atoms. The van der Waals surface area contributed by atoms with Gasteiger partial charge in [0.2, 0.25) is 0 Å². The lowest BCUT2D eigenvalue weighted by Crippen LogP contribution is -2.14. The maximum absolute atomic E-state index is 5.75. The van der Waals surface area contributed by atoms with Crippen LogP contribution in [0.2, 0.25) is 6.04 Å². The Hall–Kier alpha value is -0.943. The van der Waals surface area contributed by atoms with Crippen LogP contribution in [0, 0.1) is 0 Å². The topological polar surface area (TPSA) is 27.7 Å². The molecular formula is C15H24O3Si. The average molecular weight is 280 g/mol. The average Bonchev–Trinajstić information content (AvgIpc) is 2.47. The molecular weight excluding hydrogens is 256 g/mol. The fourth-order valence-corrected chi connectivity index (χ4v) is 2.90. The van der Waals surface area contributed by atoms with Gasteiger partial charge in [0.25, 0.3) is 0 Å². The molecule has 0 fully saturated rings. The Kier molecular flexibility index (Phi) is 8.41. The van der Waals surface area contributed by atoms with Crippen molar-refractivity contribution in [1.82, 2.24) is 0 Å². The van der Waals surface area contributed by atoms with Gasteiger partial charge in [-0.25, -0.2) is 0 Å². The fourth-order valence-electron chi connectivity index (χ4n) is 1.85. The second-order valence-electron chi connectivity index (χ2n) is 4.35. The van der Waals surface area contributed by atoms with Crippen molar-refractivity contribution < 1.29 is 13.9 Å². The van der Waals surface area contributed by atoms with Crippen molar-refractivity contribution in [2.45, 2.75) is 25.2 Å². The molecule has 0 N–H and O–H groups in total. The fraction of sp³-hybridized carbons (Fsp3) is 0.467. The van der Waals surface area contributed by atoms with E-state index in [1.807, 2.05) is 6.08 Å². The molecule has 0 unspecified atom stereocenters. The molecule has 0 saturated carbocycles. The van der Waals surface area contributed by atoms with Gasteiger partial charge in [0.05, 0.1) is 0 Å². The zero-order valence-corrected chi connectivity index (χ0v) is 13.3. The Bertz CT molecular complexity index is 364. The van der Waals surface area contributed by atoms with Crippen LogP contribution >= 0.6 is 0 Å². The highest BCUT2D eigenvalue weighted by Gasteiger charge is 2.04. The second kappa shape index (κ2) is 9.92. The molecule has 0 aliphatic carbocycles. The molecule has 106 valence electrons. The van der Waals surface area contributed by atoms with Gasteiger partial charge in [0, 0.05) is 20.8 Å². The highest BCUT2D eigenvalue weighted by Crippen LogP contribution is 2.07. The Morgan fingerprint density at radius 3 is 2.79 bits per heavy atom. The molecule has 1 aromatic carbocycles. The molecule has 1 aromatic rings. The van der Waals surface area contributed by atoms with Crippen LogP contribution in [0.15, 0.2) is 30.8 Å². The number of hydrogen-bond acceptors (Lipinski definition) is 3. The molecule has 0 spiro atoms. The summed E-state index contributed by atoms with van der Waals surface area (Å²) in [5, 5.41) is 0. The third-order valence-corrected chi connectivity index (χ3v) is 4.25. The van der Waals surface area contributed by atoms with Crippen LogP contribution < -0.4 is 0 Å². The largest absolute Gasteiger partial charge is 0.424 e. The summed E-state index contributed by atoms with van der Waals surface area (Å²) in [5.74, 6) is 0. The van der Waals surface area contributed by atoms with Gasteiger partial charge in [-0.2, -0.15) is 0 Å². The minimum absolute atomic E-state index is 0.0830. The van der Waals surface area contributed by atoms with E-state index in [0.29, 0.717) is 0 Å². The van der Waals surface area contributed by atoms with Gasteiger partial charge >= 0.3 is 0 Å². The second-order valence-corrected chi connectivity index (χ2v) is 5.88.